The Morgan fingerprint density at radius 3 is 1.98 bits per heavy atom. The zero-order valence-corrected chi connectivity index (χ0v) is 40.4. The van der Waals surface area contributed by atoms with Crippen LogP contribution in [0.3, 0.4) is 0 Å². The number of unbranched alkanes of at least 4 members (excludes halogenated alkanes) is 2. The number of rotatable bonds is 12. The summed E-state index contributed by atoms with van der Waals surface area (Å²) in [6, 6.07) is 8.78. The molecule has 17 nitrogen and oxygen atoms in total. The van der Waals surface area contributed by atoms with Gasteiger partial charge in [0.15, 0.2) is 5.71 Å². The van der Waals surface area contributed by atoms with Gasteiger partial charge in [-0.25, -0.2) is 0 Å². The lowest BCUT2D eigenvalue weighted by Crippen LogP contribution is -2.36. The van der Waals surface area contributed by atoms with Crippen molar-refractivity contribution in [1.29, 1.82) is 0 Å². The van der Waals surface area contributed by atoms with Crippen LogP contribution in [-0.4, -0.2) is 104 Å². The molecule has 2 aromatic carbocycles. The largest absolute Gasteiger partial charge is 0.481 e. The van der Waals surface area contributed by atoms with E-state index >= 15 is 0 Å². The highest BCUT2D eigenvalue weighted by Gasteiger charge is 2.46. The van der Waals surface area contributed by atoms with Gasteiger partial charge in [-0.1, -0.05) is 31.8 Å². The number of carbonyl (C=O) groups is 3. The second kappa shape index (κ2) is 22.1. The van der Waals surface area contributed by atoms with Crippen molar-refractivity contribution in [3.05, 3.63) is 71.5 Å². The summed E-state index contributed by atoms with van der Waals surface area (Å²) in [6.07, 6.45) is 13.1. The van der Waals surface area contributed by atoms with Crippen molar-refractivity contribution in [3.63, 3.8) is 0 Å². The molecule has 20 heteroatoms. The van der Waals surface area contributed by atoms with Gasteiger partial charge in [-0.2, -0.15) is 29.8 Å². The van der Waals surface area contributed by atoms with E-state index in [4.69, 9.17) is 5.11 Å². The maximum Gasteiger partial charge on any atom is 0.303 e. The number of nitrogens with one attached hydrogen (secondary N) is 2. The molecule has 364 valence electrons. The number of benzene rings is 2. The zero-order chi connectivity index (χ0) is 48.5. The number of carboxylic acid groups (broad SMARTS) is 1. The third-order valence-electron chi connectivity index (χ3n) is 13.0. The highest BCUT2D eigenvalue weighted by atomic mass is 32.2. The summed E-state index contributed by atoms with van der Waals surface area (Å²) in [5.41, 5.74) is 2.47. The Labute approximate surface area is 389 Å². The first-order valence-electron chi connectivity index (χ1n) is 22.7. The third-order valence-corrected chi connectivity index (χ3v) is 15.5. The van der Waals surface area contributed by atoms with Crippen LogP contribution in [0.1, 0.15) is 128 Å². The highest BCUT2D eigenvalue weighted by Crippen LogP contribution is 2.51. The Bertz CT molecular complexity index is 2570. The molecule has 0 fully saturated rings. The van der Waals surface area contributed by atoms with Crippen LogP contribution in [0.15, 0.2) is 70.1 Å². The summed E-state index contributed by atoms with van der Waals surface area (Å²) in [7, 11) is -13.5. The number of hydrogen-bond donors (Lipinski definition) is 6. The molecule has 3 aliphatic rings. The minimum atomic E-state index is -4.62. The van der Waals surface area contributed by atoms with E-state index in [2.05, 4.69) is 15.2 Å². The fourth-order valence-electron chi connectivity index (χ4n) is 9.42. The molecule has 0 saturated heterocycles. The van der Waals surface area contributed by atoms with Gasteiger partial charge >= 0.3 is 5.97 Å². The van der Waals surface area contributed by atoms with E-state index < -0.39 is 52.9 Å². The van der Waals surface area contributed by atoms with E-state index in [1.807, 2.05) is 43.9 Å². The van der Waals surface area contributed by atoms with Crippen LogP contribution in [0.25, 0.3) is 0 Å². The Balaban J connectivity index is 1.54. The van der Waals surface area contributed by atoms with Crippen LogP contribution >= 0.6 is 0 Å². The van der Waals surface area contributed by atoms with E-state index in [1.165, 1.54) is 24.3 Å². The first-order chi connectivity index (χ1) is 30.9. The van der Waals surface area contributed by atoms with Crippen molar-refractivity contribution in [3.8, 4) is 0 Å². The quantitative estimate of drug-likeness (QED) is 0.0758. The predicted octanol–water partition coefficient (Wildman–Crippen LogP) is 6.46. The molecule has 66 heavy (non-hydrogen) atoms. The number of carboxylic acids is 1. The molecule has 0 aliphatic carbocycles. The van der Waals surface area contributed by atoms with E-state index in [1.54, 1.807) is 12.1 Å². The molecule has 6 N–H and O–H groups in total. The second-order valence-corrected chi connectivity index (χ2v) is 22.8. The first kappa shape index (κ1) is 52.5. The van der Waals surface area contributed by atoms with Gasteiger partial charge < -0.3 is 20.6 Å². The molecule has 0 spiro atoms. The molecule has 5 rings (SSSR count). The van der Waals surface area contributed by atoms with Crippen LogP contribution in [0.5, 0.6) is 0 Å². The molecule has 3 aliphatic heterocycles. The van der Waals surface area contributed by atoms with Gasteiger partial charge in [0.2, 0.25) is 17.5 Å². The Kier molecular flexibility index (Phi) is 17.6. The van der Waals surface area contributed by atoms with E-state index in [9.17, 15) is 53.3 Å². The molecular weight excluding hydrogens is 913 g/mol. The van der Waals surface area contributed by atoms with Crippen molar-refractivity contribution < 1.29 is 63.0 Å². The van der Waals surface area contributed by atoms with Crippen LogP contribution in [-0.2, 0) is 55.6 Å². The number of carbonyl (C=O) groups excluding carboxylic acids is 2. The summed E-state index contributed by atoms with van der Waals surface area (Å²) in [4.78, 5) is 38.5. The molecule has 2 amide bonds. The molecule has 0 bridgehead atoms. The van der Waals surface area contributed by atoms with Crippen molar-refractivity contribution in [2.75, 3.05) is 36.8 Å². The second-order valence-electron chi connectivity index (χ2n) is 18.3. The van der Waals surface area contributed by atoms with Crippen LogP contribution in [0.4, 0.5) is 11.4 Å². The highest BCUT2D eigenvalue weighted by molar-refractivity contribution is 7.86. The molecule has 3 heterocycles. The summed E-state index contributed by atoms with van der Waals surface area (Å²) >= 11 is 0. The first-order valence-corrected chi connectivity index (χ1v) is 27.2. The lowest BCUT2D eigenvalue weighted by Gasteiger charge is -2.30. The van der Waals surface area contributed by atoms with Gasteiger partial charge in [0, 0.05) is 79.8 Å². The van der Waals surface area contributed by atoms with E-state index in [0.29, 0.717) is 106 Å². The van der Waals surface area contributed by atoms with Gasteiger partial charge in [0.1, 0.15) is 6.54 Å². The van der Waals surface area contributed by atoms with Gasteiger partial charge in [-0.05, 0) is 114 Å². The number of anilines is 1. The number of amides is 2. The fourth-order valence-corrected chi connectivity index (χ4v) is 10.9. The summed E-state index contributed by atoms with van der Waals surface area (Å²) in [5, 5.41) is 15.1. The Morgan fingerprint density at radius 2 is 1.38 bits per heavy atom. The van der Waals surface area contributed by atoms with Crippen LogP contribution in [0, 0.1) is 5.92 Å². The molecule has 2 aromatic rings. The predicted molar refractivity (Wildman–Crippen MR) is 250 cm³/mol. The van der Waals surface area contributed by atoms with Gasteiger partial charge in [-0.15, -0.1) is 0 Å². The summed E-state index contributed by atoms with van der Waals surface area (Å²) < 4.78 is 105. The minimum Gasteiger partial charge on any atom is -0.481 e. The van der Waals surface area contributed by atoms with Gasteiger partial charge in [-0.3, -0.25) is 28.0 Å². The molecule has 0 aromatic heterocycles. The standard InChI is InChI=1S/C46H64N4O13S3/c1-45(2)36-29-34(65(58,59)60)21-23-38(36)49-26-12-6-9-19-43(52)48-32-33(15-7-4-10-20-44(53)54)31-47-42(51)18-8-5-11-25-46(3)37-30-35(66(61,62)63)22-24-39(37)50(27-14-28-64(55,56)57)41(46)17-13-16-40(45)49/h13,16-17,21-24,29-30,33H,4-12,14-15,18-20,25-28,31-32H2,1-3H3,(H5-,47,48,51,52,53,54,55,56,57,58,59,60,61,62,63)/p+1. The van der Waals surface area contributed by atoms with Crippen molar-refractivity contribution >= 4 is 65.2 Å². The topological polar surface area (TPSA) is 265 Å². The Morgan fingerprint density at radius 1 is 0.773 bits per heavy atom. The zero-order valence-electron chi connectivity index (χ0n) is 38.0. The average Bonchev–Trinajstić information content (AvgIpc) is 3.58. The van der Waals surface area contributed by atoms with Crippen LogP contribution in [0.2, 0.25) is 0 Å². The minimum absolute atomic E-state index is 0.0292. The van der Waals surface area contributed by atoms with Crippen LogP contribution < -0.4 is 15.5 Å². The fraction of sp³-hybridized carbons (Fsp3) is 0.565. The SMILES string of the molecule is CC1(C)C2=[N+](CCCCCC(=O)NCC(CCCCCC(=O)O)CNC(=O)CCCCCC3(C)/C(=C/C=C2)N(CCCS(=O)(=O)O)c2ccc(S(=O)(=O)O)cc23)c2ccc(S(=O)(=O)O)cc21. The maximum absolute atomic E-state index is 13.1. The summed E-state index contributed by atoms with van der Waals surface area (Å²) in [5.74, 6) is -1.68. The smallest absolute Gasteiger partial charge is 0.303 e. The normalized spacial score (nSPS) is 22.5. The maximum atomic E-state index is 13.1. The van der Waals surface area contributed by atoms with Gasteiger partial charge in [0.05, 0.1) is 21.0 Å². The molecular formula is C46H65N4O13S3+. The molecule has 2 atom stereocenters. The molecule has 2 unspecified atom stereocenters. The average molecular weight is 978 g/mol. The molecule has 0 radical (unpaired) electrons. The lowest BCUT2D eigenvalue weighted by atomic mass is 9.77. The number of nitrogens with zero attached hydrogens (tertiary/aromatic N) is 2. The number of fused-ring (bicyclic) bond motifs is 5. The van der Waals surface area contributed by atoms with Gasteiger partial charge in [0.25, 0.3) is 30.4 Å². The van der Waals surface area contributed by atoms with Crippen molar-refractivity contribution in [1.82, 2.24) is 10.6 Å². The number of allylic oxidation sites excluding steroid dienone is 4. The van der Waals surface area contributed by atoms with E-state index in [-0.39, 0.29) is 59.8 Å². The Hall–Kier alpha value is -4.47. The lowest BCUT2D eigenvalue weighted by molar-refractivity contribution is -0.438. The van der Waals surface area contributed by atoms with E-state index in [0.717, 1.165) is 17.8 Å². The number of hydrogen-bond acceptors (Lipinski definition) is 10. The van der Waals surface area contributed by atoms with Crippen molar-refractivity contribution in [2.45, 2.75) is 138 Å². The molecule has 0 saturated carbocycles. The van der Waals surface area contributed by atoms with Crippen molar-refractivity contribution in [2.24, 2.45) is 5.92 Å². The summed E-state index contributed by atoms with van der Waals surface area (Å²) in [6.45, 7) is 7.18. The monoisotopic (exact) mass is 977 g/mol. The number of aliphatic carboxylic acids is 1. The third kappa shape index (κ3) is 13.8.